The van der Waals surface area contributed by atoms with Crippen LogP contribution in [0.15, 0.2) is 52.6 Å². The Morgan fingerprint density at radius 1 is 1.14 bits per heavy atom. The number of carbonyl (C=O) groups excluding carboxylic acids is 2. The molecule has 0 aliphatic carbocycles. The van der Waals surface area contributed by atoms with Crippen molar-refractivity contribution in [3.63, 3.8) is 0 Å². The number of ether oxygens (including phenoxy) is 5. The number of allylic oxidation sites excluding steroid dienone is 1. The summed E-state index contributed by atoms with van der Waals surface area (Å²) < 4.78 is 27.4. The largest absolute Gasteiger partial charge is 0.493 e. The number of rotatable bonds is 6. The Kier molecular flexibility index (Phi) is 6.68. The summed E-state index contributed by atoms with van der Waals surface area (Å²) >= 11 is 1.39. The standard InChI is InChI=1S/C27H28N2O7S/c1-14(2)36-19-9-7-17(12-20(19)32-4)24-23(26(31)33-5)15(3)28-27-29(24)25(30)22(37-27)11-16-6-8-18-21(10-16)35-13-34-18/h6-12,14,24,27-28H,13H2,1-5H3/b22-11-/t24-,27-/m1/s1. The molecule has 2 atom stereocenters. The smallest absolute Gasteiger partial charge is 0.337 e. The second-order valence-electron chi connectivity index (χ2n) is 8.96. The summed E-state index contributed by atoms with van der Waals surface area (Å²) in [6.45, 7) is 5.85. The van der Waals surface area contributed by atoms with Gasteiger partial charge in [-0.3, -0.25) is 9.69 Å². The minimum atomic E-state index is -0.691. The number of nitrogens with zero attached hydrogens (tertiary/aromatic N) is 1. The predicted molar refractivity (Wildman–Crippen MR) is 138 cm³/mol. The number of thioether (sulfide) groups is 1. The molecule has 0 radical (unpaired) electrons. The van der Waals surface area contributed by atoms with Gasteiger partial charge in [0.1, 0.15) is 0 Å². The van der Waals surface area contributed by atoms with Gasteiger partial charge >= 0.3 is 5.97 Å². The van der Waals surface area contributed by atoms with Gasteiger partial charge in [-0.05, 0) is 62.2 Å². The van der Waals surface area contributed by atoms with Crippen molar-refractivity contribution in [1.82, 2.24) is 10.2 Å². The summed E-state index contributed by atoms with van der Waals surface area (Å²) in [6.07, 6.45) is 1.77. The normalized spacial score (nSPS) is 21.3. The molecule has 1 fully saturated rings. The molecule has 1 amide bonds. The lowest BCUT2D eigenvalue weighted by Gasteiger charge is -2.39. The number of carbonyl (C=O) groups is 2. The molecule has 1 saturated heterocycles. The third-order valence-corrected chi connectivity index (χ3v) is 7.31. The molecule has 5 rings (SSSR count). The lowest BCUT2D eigenvalue weighted by Crippen LogP contribution is -2.49. The van der Waals surface area contributed by atoms with E-state index in [-0.39, 0.29) is 18.8 Å². The second kappa shape index (κ2) is 9.93. The van der Waals surface area contributed by atoms with Gasteiger partial charge < -0.3 is 29.0 Å². The SMILES string of the molecule is COC(=O)C1=C(C)N[C@H]2S/C(=C\c3ccc4c(c3)OCO4)C(=O)N2[C@@H]1c1ccc(OC(C)C)c(OC)c1. The van der Waals surface area contributed by atoms with Crippen molar-refractivity contribution in [3.05, 3.63) is 63.7 Å². The topological polar surface area (TPSA) is 95.6 Å². The van der Waals surface area contributed by atoms with E-state index < -0.39 is 17.5 Å². The molecular weight excluding hydrogens is 496 g/mol. The Balaban J connectivity index is 1.55. The summed E-state index contributed by atoms with van der Waals surface area (Å²) in [5.74, 6) is 1.69. The van der Waals surface area contributed by atoms with Crippen molar-refractivity contribution in [2.75, 3.05) is 21.0 Å². The molecule has 0 aromatic heterocycles. The van der Waals surface area contributed by atoms with E-state index in [0.717, 1.165) is 5.56 Å². The highest BCUT2D eigenvalue weighted by atomic mass is 32.2. The van der Waals surface area contributed by atoms with Gasteiger partial charge in [-0.1, -0.05) is 23.9 Å². The van der Waals surface area contributed by atoms with Crippen LogP contribution in [0.2, 0.25) is 0 Å². The van der Waals surface area contributed by atoms with Crippen LogP contribution >= 0.6 is 11.8 Å². The van der Waals surface area contributed by atoms with E-state index in [1.165, 1.54) is 18.9 Å². The first-order valence-corrected chi connectivity index (χ1v) is 12.7. The Labute approximate surface area is 219 Å². The first-order valence-electron chi connectivity index (χ1n) is 11.8. The Hall–Kier alpha value is -3.79. The van der Waals surface area contributed by atoms with E-state index in [4.69, 9.17) is 23.7 Å². The number of methoxy groups -OCH3 is 2. The monoisotopic (exact) mass is 524 g/mol. The Morgan fingerprint density at radius 2 is 1.92 bits per heavy atom. The zero-order valence-electron chi connectivity index (χ0n) is 21.2. The van der Waals surface area contributed by atoms with Gasteiger partial charge in [0, 0.05) is 5.70 Å². The van der Waals surface area contributed by atoms with Crippen LogP contribution in [0.1, 0.15) is 37.9 Å². The predicted octanol–water partition coefficient (Wildman–Crippen LogP) is 4.20. The van der Waals surface area contributed by atoms with Crippen molar-refractivity contribution in [2.45, 2.75) is 38.4 Å². The zero-order chi connectivity index (χ0) is 26.3. The van der Waals surface area contributed by atoms with Gasteiger partial charge in [-0.2, -0.15) is 0 Å². The molecule has 0 bridgehead atoms. The average molecular weight is 525 g/mol. The summed E-state index contributed by atoms with van der Waals surface area (Å²) in [5, 5.41) is 3.30. The van der Waals surface area contributed by atoms with E-state index in [9.17, 15) is 9.59 Å². The molecule has 194 valence electrons. The van der Waals surface area contributed by atoms with E-state index in [1.54, 1.807) is 24.1 Å². The highest BCUT2D eigenvalue weighted by Crippen LogP contribution is 2.48. The number of hydrogen-bond donors (Lipinski definition) is 1. The van der Waals surface area contributed by atoms with Gasteiger partial charge in [0.05, 0.1) is 36.8 Å². The van der Waals surface area contributed by atoms with Crippen molar-refractivity contribution in [3.8, 4) is 23.0 Å². The van der Waals surface area contributed by atoms with E-state index in [2.05, 4.69) is 5.32 Å². The molecule has 10 heteroatoms. The molecular formula is C27H28N2O7S. The van der Waals surface area contributed by atoms with Crippen molar-refractivity contribution >= 4 is 29.7 Å². The lowest BCUT2D eigenvalue weighted by atomic mass is 9.93. The number of esters is 1. The summed E-state index contributed by atoms with van der Waals surface area (Å²) in [4.78, 5) is 28.9. The van der Waals surface area contributed by atoms with Gasteiger partial charge in [-0.15, -0.1) is 0 Å². The Bertz CT molecular complexity index is 1320. The maximum atomic E-state index is 13.8. The quantitative estimate of drug-likeness (QED) is 0.441. The number of benzene rings is 2. The number of fused-ring (bicyclic) bond motifs is 2. The van der Waals surface area contributed by atoms with Crippen LogP contribution in [0.3, 0.4) is 0 Å². The number of amides is 1. The van der Waals surface area contributed by atoms with Crippen LogP contribution in [0, 0.1) is 0 Å². The zero-order valence-corrected chi connectivity index (χ0v) is 22.0. The molecule has 2 aromatic rings. The minimum Gasteiger partial charge on any atom is -0.493 e. The van der Waals surface area contributed by atoms with Crippen LogP contribution in [0.4, 0.5) is 0 Å². The minimum absolute atomic E-state index is 0.0452. The summed E-state index contributed by atoms with van der Waals surface area (Å²) in [7, 11) is 2.89. The van der Waals surface area contributed by atoms with Gasteiger partial charge in [0.15, 0.2) is 28.5 Å². The van der Waals surface area contributed by atoms with Crippen LogP contribution in [-0.4, -0.2) is 49.4 Å². The van der Waals surface area contributed by atoms with E-state index >= 15 is 0 Å². The number of hydrogen-bond acceptors (Lipinski definition) is 9. The fraction of sp³-hybridized carbons (Fsp3) is 0.333. The Morgan fingerprint density at radius 3 is 2.65 bits per heavy atom. The van der Waals surface area contributed by atoms with Gasteiger partial charge in [0.25, 0.3) is 5.91 Å². The summed E-state index contributed by atoms with van der Waals surface area (Å²) in [5.41, 5.74) is 2.10. The third kappa shape index (κ3) is 4.57. The molecule has 37 heavy (non-hydrogen) atoms. The molecule has 0 saturated carbocycles. The van der Waals surface area contributed by atoms with Crippen LogP contribution in [0.5, 0.6) is 23.0 Å². The molecule has 3 heterocycles. The highest BCUT2D eigenvalue weighted by Gasteiger charge is 2.48. The summed E-state index contributed by atoms with van der Waals surface area (Å²) in [6, 6.07) is 10.3. The molecule has 0 unspecified atom stereocenters. The van der Waals surface area contributed by atoms with E-state index in [0.29, 0.717) is 44.7 Å². The molecule has 3 aliphatic rings. The molecule has 3 aliphatic heterocycles. The maximum absolute atomic E-state index is 13.8. The first-order chi connectivity index (χ1) is 17.8. The van der Waals surface area contributed by atoms with Gasteiger partial charge in [0.2, 0.25) is 6.79 Å². The maximum Gasteiger partial charge on any atom is 0.337 e. The van der Waals surface area contributed by atoms with Crippen molar-refractivity contribution in [1.29, 1.82) is 0 Å². The van der Waals surface area contributed by atoms with Crippen LogP contribution in [0.25, 0.3) is 6.08 Å². The third-order valence-electron chi connectivity index (χ3n) is 6.20. The van der Waals surface area contributed by atoms with Crippen LogP contribution < -0.4 is 24.3 Å². The first kappa shape index (κ1) is 24.9. The fourth-order valence-corrected chi connectivity index (χ4v) is 5.80. The molecule has 9 nitrogen and oxygen atoms in total. The van der Waals surface area contributed by atoms with Gasteiger partial charge in [-0.25, -0.2) is 4.79 Å². The van der Waals surface area contributed by atoms with E-state index in [1.807, 2.05) is 51.1 Å². The fourth-order valence-electron chi connectivity index (χ4n) is 4.58. The molecule has 0 spiro atoms. The molecule has 1 N–H and O–H groups in total. The average Bonchev–Trinajstić information content (AvgIpc) is 3.46. The van der Waals surface area contributed by atoms with Crippen LogP contribution in [-0.2, 0) is 14.3 Å². The van der Waals surface area contributed by atoms with Crippen molar-refractivity contribution in [2.24, 2.45) is 0 Å². The van der Waals surface area contributed by atoms with Crippen molar-refractivity contribution < 1.29 is 33.3 Å². The lowest BCUT2D eigenvalue weighted by molar-refractivity contribution is -0.138. The second-order valence-corrected chi connectivity index (χ2v) is 10.1. The highest BCUT2D eigenvalue weighted by molar-refractivity contribution is 8.05. The number of nitrogens with one attached hydrogen (secondary N) is 1. The molecule has 2 aromatic carbocycles.